The summed E-state index contributed by atoms with van der Waals surface area (Å²) in [6.07, 6.45) is 2.66. The molecule has 0 aliphatic carbocycles. The van der Waals surface area contributed by atoms with E-state index < -0.39 is 5.91 Å². The summed E-state index contributed by atoms with van der Waals surface area (Å²) in [6, 6.07) is 4.90. The Morgan fingerprint density at radius 1 is 1.32 bits per heavy atom. The van der Waals surface area contributed by atoms with Crippen molar-refractivity contribution in [2.45, 2.75) is 0 Å². The second kappa shape index (κ2) is 5.86. The van der Waals surface area contributed by atoms with Crippen molar-refractivity contribution in [2.24, 2.45) is 0 Å². The van der Waals surface area contributed by atoms with Gasteiger partial charge in [-0.1, -0.05) is 23.2 Å². The molecule has 2 rings (SSSR count). The second-order valence-corrected chi connectivity index (χ2v) is 4.35. The predicted molar refractivity (Wildman–Crippen MR) is 73.0 cm³/mol. The van der Waals surface area contributed by atoms with Gasteiger partial charge in [-0.3, -0.25) is 9.78 Å². The van der Waals surface area contributed by atoms with E-state index >= 15 is 0 Å². The lowest BCUT2D eigenvalue weighted by Gasteiger charge is -2.10. The summed E-state index contributed by atoms with van der Waals surface area (Å²) in [6.45, 7) is 0. The van der Waals surface area contributed by atoms with Gasteiger partial charge in [0.2, 0.25) is 0 Å². The molecule has 19 heavy (non-hydrogen) atoms. The molecule has 0 bridgehead atoms. The molecule has 0 unspecified atom stereocenters. The Bertz CT molecular complexity index is 620. The third-order valence-electron chi connectivity index (χ3n) is 2.25. The van der Waals surface area contributed by atoms with Crippen LogP contribution in [-0.4, -0.2) is 23.0 Å². The number of nitrogens with zero attached hydrogens (tertiary/aromatic N) is 2. The fourth-order valence-corrected chi connectivity index (χ4v) is 1.74. The topological polar surface area (TPSA) is 64.1 Å². The Balaban J connectivity index is 2.26. The molecule has 0 fully saturated rings. The normalized spacial score (nSPS) is 10.1. The number of rotatable bonds is 3. The molecule has 1 N–H and O–H groups in total. The number of anilines is 1. The fraction of sp³-hybridized carbons (Fsp3) is 0.0833. The highest BCUT2D eigenvalue weighted by Gasteiger charge is 2.12. The number of amides is 1. The van der Waals surface area contributed by atoms with Gasteiger partial charge < -0.3 is 10.1 Å². The molecule has 0 radical (unpaired) electrons. The molecule has 0 aliphatic heterocycles. The molecule has 7 heteroatoms. The zero-order valence-electron chi connectivity index (χ0n) is 9.85. The van der Waals surface area contributed by atoms with Crippen LogP contribution in [0.15, 0.2) is 30.6 Å². The standard InChI is InChI=1S/C12H9Cl2N3O2/c1-19-10-3-2-7(13)4-8(10)17-12(18)9-5-15-6-11(14)16-9/h2-6H,1H3,(H,17,18). The van der Waals surface area contributed by atoms with Crippen LogP contribution in [0, 0.1) is 0 Å². The third kappa shape index (κ3) is 3.33. The van der Waals surface area contributed by atoms with Crippen molar-refractivity contribution in [2.75, 3.05) is 12.4 Å². The number of aromatic nitrogens is 2. The van der Waals surface area contributed by atoms with Crippen molar-refractivity contribution >= 4 is 34.8 Å². The summed E-state index contributed by atoms with van der Waals surface area (Å²) < 4.78 is 5.13. The molecule has 1 aromatic heterocycles. The number of halogens is 2. The lowest BCUT2D eigenvalue weighted by molar-refractivity contribution is 0.102. The molecule has 0 spiro atoms. The Hall–Kier alpha value is -1.85. The Morgan fingerprint density at radius 3 is 2.79 bits per heavy atom. The number of ether oxygens (including phenoxy) is 1. The van der Waals surface area contributed by atoms with Crippen molar-refractivity contribution in [3.05, 3.63) is 46.5 Å². The molecule has 1 aromatic carbocycles. The first-order chi connectivity index (χ1) is 9.10. The Labute approximate surface area is 119 Å². The van der Waals surface area contributed by atoms with Gasteiger partial charge in [0.05, 0.1) is 25.2 Å². The summed E-state index contributed by atoms with van der Waals surface area (Å²) in [5.41, 5.74) is 0.552. The zero-order chi connectivity index (χ0) is 13.8. The molecule has 0 atom stereocenters. The summed E-state index contributed by atoms with van der Waals surface area (Å²) >= 11 is 11.5. The molecular formula is C12H9Cl2N3O2. The minimum absolute atomic E-state index is 0.106. The summed E-state index contributed by atoms with van der Waals surface area (Å²) in [4.78, 5) is 19.6. The first-order valence-electron chi connectivity index (χ1n) is 5.22. The van der Waals surface area contributed by atoms with Gasteiger partial charge in [-0.05, 0) is 18.2 Å². The monoisotopic (exact) mass is 297 g/mol. The largest absolute Gasteiger partial charge is 0.495 e. The van der Waals surface area contributed by atoms with Crippen LogP contribution in [0.5, 0.6) is 5.75 Å². The quantitative estimate of drug-likeness (QED) is 0.946. The van der Waals surface area contributed by atoms with E-state index in [2.05, 4.69) is 15.3 Å². The fourth-order valence-electron chi connectivity index (χ4n) is 1.42. The van der Waals surface area contributed by atoms with Crippen LogP contribution >= 0.6 is 23.2 Å². The maximum Gasteiger partial charge on any atom is 0.276 e. The van der Waals surface area contributed by atoms with Crippen molar-refractivity contribution in [1.82, 2.24) is 9.97 Å². The number of hydrogen-bond acceptors (Lipinski definition) is 4. The lowest BCUT2D eigenvalue weighted by atomic mass is 10.3. The van der Waals surface area contributed by atoms with Crippen molar-refractivity contribution in [3.8, 4) is 5.75 Å². The van der Waals surface area contributed by atoms with Crippen LogP contribution in [0.4, 0.5) is 5.69 Å². The van der Waals surface area contributed by atoms with E-state index in [4.69, 9.17) is 27.9 Å². The van der Waals surface area contributed by atoms with Gasteiger partial charge in [0, 0.05) is 5.02 Å². The molecule has 1 amide bonds. The van der Waals surface area contributed by atoms with E-state index in [1.54, 1.807) is 18.2 Å². The molecule has 5 nitrogen and oxygen atoms in total. The third-order valence-corrected chi connectivity index (χ3v) is 2.66. The summed E-state index contributed by atoms with van der Waals surface area (Å²) in [7, 11) is 1.50. The van der Waals surface area contributed by atoms with Crippen LogP contribution in [0.2, 0.25) is 10.2 Å². The minimum atomic E-state index is -0.449. The van der Waals surface area contributed by atoms with Crippen molar-refractivity contribution in [3.63, 3.8) is 0 Å². The zero-order valence-corrected chi connectivity index (χ0v) is 11.4. The van der Waals surface area contributed by atoms with Crippen LogP contribution in [0.3, 0.4) is 0 Å². The van der Waals surface area contributed by atoms with Gasteiger partial charge in [0.1, 0.15) is 16.6 Å². The maximum atomic E-state index is 12.0. The van der Waals surface area contributed by atoms with Gasteiger partial charge in [-0.2, -0.15) is 0 Å². The van der Waals surface area contributed by atoms with Crippen LogP contribution in [0.25, 0.3) is 0 Å². The number of carbonyl (C=O) groups excluding carboxylic acids is 1. The van der Waals surface area contributed by atoms with E-state index in [0.29, 0.717) is 16.5 Å². The van der Waals surface area contributed by atoms with Gasteiger partial charge >= 0.3 is 0 Å². The van der Waals surface area contributed by atoms with Crippen LogP contribution in [-0.2, 0) is 0 Å². The molecule has 0 saturated heterocycles. The summed E-state index contributed by atoms with van der Waals surface area (Å²) in [5, 5.41) is 3.26. The van der Waals surface area contributed by atoms with Gasteiger partial charge in [-0.15, -0.1) is 0 Å². The average molecular weight is 298 g/mol. The number of hydrogen-bond donors (Lipinski definition) is 1. The molecule has 0 saturated carbocycles. The smallest absolute Gasteiger partial charge is 0.276 e. The maximum absolute atomic E-state index is 12.0. The van der Waals surface area contributed by atoms with Crippen LogP contribution in [0.1, 0.15) is 10.5 Å². The number of nitrogens with one attached hydrogen (secondary N) is 1. The van der Waals surface area contributed by atoms with E-state index in [1.165, 1.54) is 19.5 Å². The Kier molecular flexibility index (Phi) is 4.19. The van der Waals surface area contributed by atoms with E-state index in [9.17, 15) is 4.79 Å². The highest BCUT2D eigenvalue weighted by atomic mass is 35.5. The van der Waals surface area contributed by atoms with Gasteiger partial charge in [0.25, 0.3) is 5.91 Å². The average Bonchev–Trinajstić information content (AvgIpc) is 2.39. The highest BCUT2D eigenvalue weighted by molar-refractivity contribution is 6.31. The first-order valence-corrected chi connectivity index (χ1v) is 5.98. The molecule has 98 valence electrons. The highest BCUT2D eigenvalue weighted by Crippen LogP contribution is 2.27. The molecular weight excluding hydrogens is 289 g/mol. The molecule has 1 heterocycles. The van der Waals surface area contributed by atoms with E-state index in [1.807, 2.05) is 0 Å². The minimum Gasteiger partial charge on any atom is -0.495 e. The number of methoxy groups -OCH3 is 1. The van der Waals surface area contributed by atoms with Crippen molar-refractivity contribution < 1.29 is 9.53 Å². The van der Waals surface area contributed by atoms with Crippen molar-refractivity contribution in [1.29, 1.82) is 0 Å². The summed E-state index contributed by atoms with van der Waals surface area (Å²) in [5.74, 6) is 0.0447. The van der Waals surface area contributed by atoms with E-state index in [0.717, 1.165) is 0 Å². The second-order valence-electron chi connectivity index (χ2n) is 3.53. The first kappa shape index (κ1) is 13.6. The number of benzene rings is 1. The predicted octanol–water partition coefficient (Wildman–Crippen LogP) is 3.04. The molecule has 0 aliphatic rings. The SMILES string of the molecule is COc1ccc(Cl)cc1NC(=O)c1cncc(Cl)n1. The van der Waals surface area contributed by atoms with Gasteiger partial charge in [0.15, 0.2) is 0 Å². The Morgan fingerprint density at radius 2 is 2.11 bits per heavy atom. The van der Waals surface area contributed by atoms with Crippen LogP contribution < -0.4 is 10.1 Å². The number of carbonyl (C=O) groups is 1. The van der Waals surface area contributed by atoms with E-state index in [-0.39, 0.29) is 10.8 Å². The molecule has 2 aromatic rings. The lowest BCUT2D eigenvalue weighted by Crippen LogP contribution is -2.14. The van der Waals surface area contributed by atoms with Gasteiger partial charge in [-0.25, -0.2) is 4.98 Å².